The lowest BCUT2D eigenvalue weighted by molar-refractivity contribution is -0.207. The lowest BCUT2D eigenvalue weighted by Gasteiger charge is -2.56. The lowest BCUT2D eigenvalue weighted by atomic mass is 9.58. The zero-order valence-electron chi connectivity index (χ0n) is 14.0. The fourth-order valence-electron chi connectivity index (χ4n) is 3.84. The molecule has 6 heteroatoms. The summed E-state index contributed by atoms with van der Waals surface area (Å²) < 4.78 is 5.78. The van der Waals surface area contributed by atoms with E-state index in [-0.39, 0.29) is 23.5 Å². The molecule has 2 heterocycles. The molecule has 1 aliphatic carbocycles. The van der Waals surface area contributed by atoms with Crippen molar-refractivity contribution in [3.63, 3.8) is 0 Å². The smallest absolute Gasteiger partial charge is 0.265 e. The monoisotopic (exact) mass is 338 g/mol. The Labute approximate surface area is 141 Å². The molecule has 0 radical (unpaired) electrons. The normalized spacial score (nSPS) is 26.3. The summed E-state index contributed by atoms with van der Waals surface area (Å²) in [5.41, 5.74) is -0.131. The van der Waals surface area contributed by atoms with E-state index in [0.717, 1.165) is 42.0 Å². The van der Waals surface area contributed by atoms with Crippen molar-refractivity contribution in [2.45, 2.75) is 58.2 Å². The van der Waals surface area contributed by atoms with Gasteiger partial charge in [-0.05, 0) is 32.6 Å². The van der Waals surface area contributed by atoms with Crippen LogP contribution in [-0.2, 0) is 11.2 Å². The Morgan fingerprint density at radius 2 is 2.22 bits per heavy atom. The highest BCUT2D eigenvalue weighted by molar-refractivity contribution is 7.13. The maximum Gasteiger partial charge on any atom is 0.265 e. The van der Waals surface area contributed by atoms with Crippen LogP contribution in [0.25, 0.3) is 0 Å². The van der Waals surface area contributed by atoms with Gasteiger partial charge in [0, 0.05) is 31.5 Å². The van der Waals surface area contributed by atoms with E-state index in [9.17, 15) is 9.90 Å². The highest BCUT2D eigenvalue weighted by Gasteiger charge is 2.56. The molecule has 128 valence electrons. The van der Waals surface area contributed by atoms with Crippen molar-refractivity contribution in [3.05, 3.63) is 16.1 Å². The number of thiazole rings is 1. The third-order valence-corrected chi connectivity index (χ3v) is 6.36. The van der Waals surface area contributed by atoms with E-state index in [0.29, 0.717) is 19.7 Å². The maximum absolute atomic E-state index is 12.6. The number of ether oxygens (including phenoxy) is 1. The first kappa shape index (κ1) is 16.9. The van der Waals surface area contributed by atoms with Crippen LogP contribution in [-0.4, -0.2) is 52.8 Å². The highest BCUT2D eigenvalue weighted by Crippen LogP contribution is 2.51. The fourth-order valence-corrected chi connectivity index (χ4v) is 4.82. The molecule has 1 N–H and O–H groups in total. The van der Waals surface area contributed by atoms with Gasteiger partial charge in [0.05, 0.1) is 23.4 Å². The number of carbonyl (C=O) groups is 1. The molecular weight excluding hydrogens is 312 g/mol. The Kier molecular flexibility index (Phi) is 5.04. The van der Waals surface area contributed by atoms with E-state index in [4.69, 9.17) is 4.74 Å². The third-order valence-electron chi connectivity index (χ3n) is 5.32. The van der Waals surface area contributed by atoms with Crippen molar-refractivity contribution in [2.75, 3.05) is 19.7 Å². The minimum absolute atomic E-state index is 0.0847. The Hall–Kier alpha value is -0.980. The SMILES string of the molecule is CCCc1ncc(C(=O)N2CCC3(CC2)[C@@H](O)C[C@H]3OCC)s1. The summed E-state index contributed by atoms with van der Waals surface area (Å²) in [6.45, 7) is 6.18. The summed E-state index contributed by atoms with van der Waals surface area (Å²) in [5.74, 6) is 0.0847. The molecule has 2 fully saturated rings. The van der Waals surface area contributed by atoms with Crippen LogP contribution in [0.2, 0.25) is 0 Å². The minimum Gasteiger partial charge on any atom is -0.392 e. The molecule has 1 amide bonds. The Balaban J connectivity index is 1.60. The van der Waals surface area contributed by atoms with Gasteiger partial charge in [-0.2, -0.15) is 0 Å². The zero-order chi connectivity index (χ0) is 16.4. The van der Waals surface area contributed by atoms with Crippen LogP contribution in [0, 0.1) is 5.41 Å². The molecule has 5 nitrogen and oxygen atoms in total. The van der Waals surface area contributed by atoms with Crippen LogP contribution in [0.4, 0.5) is 0 Å². The van der Waals surface area contributed by atoms with Crippen LogP contribution in [0.5, 0.6) is 0 Å². The minimum atomic E-state index is -0.282. The number of aliphatic hydroxyl groups excluding tert-OH is 1. The first-order valence-corrected chi connectivity index (χ1v) is 9.46. The largest absolute Gasteiger partial charge is 0.392 e. The van der Waals surface area contributed by atoms with Gasteiger partial charge in [-0.3, -0.25) is 4.79 Å². The van der Waals surface area contributed by atoms with Crippen LogP contribution in [0.1, 0.15) is 54.2 Å². The van der Waals surface area contributed by atoms with Gasteiger partial charge in [0.1, 0.15) is 4.88 Å². The van der Waals surface area contributed by atoms with Gasteiger partial charge in [-0.1, -0.05) is 6.92 Å². The van der Waals surface area contributed by atoms with Crippen molar-refractivity contribution in [1.29, 1.82) is 0 Å². The highest BCUT2D eigenvalue weighted by atomic mass is 32.1. The Morgan fingerprint density at radius 1 is 1.48 bits per heavy atom. The molecule has 0 aromatic carbocycles. The maximum atomic E-state index is 12.6. The fraction of sp³-hybridized carbons (Fsp3) is 0.765. The molecule has 0 unspecified atom stereocenters. The summed E-state index contributed by atoms with van der Waals surface area (Å²) in [6, 6.07) is 0. The van der Waals surface area contributed by atoms with Crippen molar-refractivity contribution in [1.82, 2.24) is 9.88 Å². The number of likely N-dealkylation sites (tertiary alicyclic amines) is 1. The number of nitrogens with zero attached hydrogens (tertiary/aromatic N) is 2. The number of hydrogen-bond acceptors (Lipinski definition) is 5. The van der Waals surface area contributed by atoms with Gasteiger partial charge in [0.15, 0.2) is 0 Å². The summed E-state index contributed by atoms with van der Waals surface area (Å²) >= 11 is 1.51. The number of carbonyl (C=O) groups excluding carboxylic acids is 1. The zero-order valence-corrected chi connectivity index (χ0v) is 14.8. The molecule has 1 aromatic rings. The Bertz CT molecular complexity index is 550. The van der Waals surface area contributed by atoms with E-state index < -0.39 is 0 Å². The summed E-state index contributed by atoms with van der Waals surface area (Å²) in [6.07, 6.45) is 5.94. The third kappa shape index (κ3) is 3.04. The van der Waals surface area contributed by atoms with E-state index in [2.05, 4.69) is 11.9 Å². The average Bonchev–Trinajstić information content (AvgIpc) is 3.03. The quantitative estimate of drug-likeness (QED) is 0.896. The van der Waals surface area contributed by atoms with Crippen LogP contribution >= 0.6 is 11.3 Å². The Morgan fingerprint density at radius 3 is 2.83 bits per heavy atom. The second-order valence-electron chi connectivity index (χ2n) is 6.59. The molecular formula is C17H26N2O3S. The second-order valence-corrected chi connectivity index (χ2v) is 7.70. The van der Waals surface area contributed by atoms with E-state index in [1.807, 2.05) is 11.8 Å². The average molecular weight is 338 g/mol. The van der Waals surface area contributed by atoms with Gasteiger partial charge in [-0.25, -0.2) is 4.98 Å². The second kappa shape index (κ2) is 6.87. The van der Waals surface area contributed by atoms with Crippen molar-refractivity contribution in [2.24, 2.45) is 5.41 Å². The van der Waals surface area contributed by atoms with Gasteiger partial charge < -0.3 is 14.7 Å². The van der Waals surface area contributed by atoms with Gasteiger partial charge in [0.25, 0.3) is 5.91 Å². The van der Waals surface area contributed by atoms with E-state index >= 15 is 0 Å². The number of amides is 1. The van der Waals surface area contributed by atoms with E-state index in [1.165, 1.54) is 11.3 Å². The molecule has 1 saturated heterocycles. The van der Waals surface area contributed by atoms with Crippen LogP contribution < -0.4 is 0 Å². The summed E-state index contributed by atoms with van der Waals surface area (Å²) in [4.78, 5) is 19.6. The van der Waals surface area contributed by atoms with E-state index in [1.54, 1.807) is 6.20 Å². The van der Waals surface area contributed by atoms with Crippen molar-refractivity contribution < 1.29 is 14.6 Å². The van der Waals surface area contributed by atoms with Gasteiger partial charge >= 0.3 is 0 Å². The predicted molar refractivity (Wildman–Crippen MR) is 89.7 cm³/mol. The summed E-state index contributed by atoms with van der Waals surface area (Å²) in [5, 5.41) is 11.3. The number of aromatic nitrogens is 1. The molecule has 2 atom stereocenters. The molecule has 0 bridgehead atoms. The molecule has 1 aliphatic heterocycles. The first-order chi connectivity index (χ1) is 11.1. The van der Waals surface area contributed by atoms with Crippen molar-refractivity contribution >= 4 is 17.2 Å². The lowest BCUT2D eigenvalue weighted by Crippen LogP contribution is -2.62. The van der Waals surface area contributed by atoms with Crippen LogP contribution in [0.15, 0.2) is 6.20 Å². The number of rotatable bonds is 5. The standard InChI is InChI=1S/C17H26N2O3S/c1-3-5-15-18-11-12(23-15)16(21)19-8-6-17(7-9-19)13(20)10-14(17)22-4-2/h11,13-14,20H,3-10H2,1-2H3/t13-,14+/m0/s1. The predicted octanol–water partition coefficient (Wildman–Crippen LogP) is 2.49. The van der Waals surface area contributed by atoms with Crippen LogP contribution in [0.3, 0.4) is 0 Å². The number of hydrogen-bond donors (Lipinski definition) is 1. The van der Waals surface area contributed by atoms with Gasteiger partial charge in [0.2, 0.25) is 0 Å². The first-order valence-electron chi connectivity index (χ1n) is 8.64. The molecule has 1 aromatic heterocycles. The van der Waals surface area contributed by atoms with Gasteiger partial charge in [-0.15, -0.1) is 11.3 Å². The van der Waals surface area contributed by atoms with Crippen molar-refractivity contribution in [3.8, 4) is 0 Å². The number of aryl methyl sites for hydroxylation is 1. The molecule has 23 heavy (non-hydrogen) atoms. The topological polar surface area (TPSA) is 62.7 Å². The molecule has 3 rings (SSSR count). The molecule has 2 aliphatic rings. The number of aliphatic hydroxyl groups is 1. The summed E-state index contributed by atoms with van der Waals surface area (Å²) in [7, 11) is 0. The number of piperidine rings is 1. The molecule has 1 spiro atoms. The molecule has 1 saturated carbocycles.